The van der Waals surface area contributed by atoms with Crippen LogP contribution in [-0.2, 0) is 0 Å². The number of hydrogen-bond acceptors (Lipinski definition) is 3. The van der Waals surface area contributed by atoms with Crippen molar-refractivity contribution in [3.05, 3.63) is 30.3 Å². The molecule has 0 saturated carbocycles. The Bertz CT molecular complexity index is 239. The van der Waals surface area contributed by atoms with Gasteiger partial charge in [0, 0.05) is 13.2 Å². The van der Waals surface area contributed by atoms with Crippen LogP contribution in [0.25, 0.3) is 0 Å². The zero-order valence-electron chi connectivity index (χ0n) is 8.98. The van der Waals surface area contributed by atoms with Gasteiger partial charge in [0.25, 0.3) is 0 Å². The van der Waals surface area contributed by atoms with Crippen molar-refractivity contribution in [1.29, 1.82) is 0 Å². The Balaban J connectivity index is 1.93. The standard InChI is InChI=1S/C12H19NO2/c14-10-5-4-8-13-9-11-15-12-6-2-1-3-7-12/h1-3,6-7,13-14H,4-5,8-11H2. The van der Waals surface area contributed by atoms with Gasteiger partial charge in [0.1, 0.15) is 12.4 Å². The SMILES string of the molecule is OCCCCNCCOc1ccccc1. The molecule has 15 heavy (non-hydrogen) atoms. The molecule has 3 heteroatoms. The van der Waals surface area contributed by atoms with Gasteiger partial charge in [-0.3, -0.25) is 0 Å². The second kappa shape index (κ2) is 8.26. The molecule has 0 aliphatic rings. The second-order valence-corrected chi connectivity index (χ2v) is 3.34. The minimum absolute atomic E-state index is 0.280. The van der Waals surface area contributed by atoms with Gasteiger partial charge in [-0.2, -0.15) is 0 Å². The summed E-state index contributed by atoms with van der Waals surface area (Å²) in [5, 5.41) is 11.8. The molecule has 0 aromatic heterocycles. The summed E-state index contributed by atoms with van der Waals surface area (Å²) in [5.74, 6) is 0.912. The first-order valence-corrected chi connectivity index (χ1v) is 5.43. The summed E-state index contributed by atoms with van der Waals surface area (Å²) in [5.41, 5.74) is 0. The summed E-state index contributed by atoms with van der Waals surface area (Å²) in [4.78, 5) is 0. The number of para-hydroxylation sites is 1. The fraction of sp³-hybridized carbons (Fsp3) is 0.500. The summed E-state index contributed by atoms with van der Waals surface area (Å²) in [6.07, 6.45) is 1.88. The lowest BCUT2D eigenvalue weighted by Gasteiger charge is -2.06. The van der Waals surface area contributed by atoms with Crippen LogP contribution in [-0.4, -0.2) is 31.4 Å². The first-order chi connectivity index (χ1) is 7.43. The average Bonchev–Trinajstić information content (AvgIpc) is 2.29. The monoisotopic (exact) mass is 209 g/mol. The van der Waals surface area contributed by atoms with E-state index in [1.165, 1.54) is 0 Å². The Hall–Kier alpha value is -1.06. The number of ether oxygens (including phenoxy) is 1. The molecule has 0 saturated heterocycles. The van der Waals surface area contributed by atoms with E-state index in [-0.39, 0.29) is 6.61 Å². The lowest BCUT2D eigenvalue weighted by Crippen LogP contribution is -2.22. The molecule has 0 aliphatic heterocycles. The van der Waals surface area contributed by atoms with E-state index in [4.69, 9.17) is 9.84 Å². The maximum absolute atomic E-state index is 8.57. The van der Waals surface area contributed by atoms with Crippen molar-refractivity contribution in [3.8, 4) is 5.75 Å². The van der Waals surface area contributed by atoms with E-state index in [2.05, 4.69) is 5.32 Å². The summed E-state index contributed by atoms with van der Waals surface area (Å²) >= 11 is 0. The van der Waals surface area contributed by atoms with Crippen molar-refractivity contribution in [3.63, 3.8) is 0 Å². The summed E-state index contributed by atoms with van der Waals surface area (Å²) in [6.45, 7) is 2.75. The number of benzene rings is 1. The second-order valence-electron chi connectivity index (χ2n) is 3.34. The van der Waals surface area contributed by atoms with Crippen LogP contribution in [0, 0.1) is 0 Å². The van der Waals surface area contributed by atoms with Gasteiger partial charge in [-0.05, 0) is 31.5 Å². The molecule has 0 aliphatic carbocycles. The molecule has 1 rings (SSSR count). The summed E-state index contributed by atoms with van der Waals surface area (Å²) in [7, 11) is 0. The van der Waals surface area contributed by atoms with Gasteiger partial charge in [0.05, 0.1) is 0 Å². The van der Waals surface area contributed by atoms with Gasteiger partial charge in [0.2, 0.25) is 0 Å². The van der Waals surface area contributed by atoms with E-state index in [0.717, 1.165) is 31.7 Å². The van der Waals surface area contributed by atoms with Crippen LogP contribution in [0.4, 0.5) is 0 Å². The maximum Gasteiger partial charge on any atom is 0.119 e. The zero-order valence-corrected chi connectivity index (χ0v) is 8.98. The van der Waals surface area contributed by atoms with E-state index >= 15 is 0 Å². The largest absolute Gasteiger partial charge is 0.492 e. The van der Waals surface area contributed by atoms with E-state index in [1.54, 1.807) is 0 Å². The normalized spacial score (nSPS) is 10.2. The van der Waals surface area contributed by atoms with Crippen molar-refractivity contribution in [2.75, 3.05) is 26.3 Å². The van der Waals surface area contributed by atoms with Crippen molar-refractivity contribution < 1.29 is 9.84 Å². The van der Waals surface area contributed by atoms with Crippen molar-refractivity contribution in [2.24, 2.45) is 0 Å². The molecule has 0 unspecified atom stereocenters. The highest BCUT2D eigenvalue weighted by atomic mass is 16.5. The molecule has 0 fully saturated rings. The fourth-order valence-corrected chi connectivity index (χ4v) is 1.24. The zero-order chi connectivity index (χ0) is 10.8. The molecule has 0 heterocycles. The van der Waals surface area contributed by atoms with Crippen molar-refractivity contribution in [2.45, 2.75) is 12.8 Å². The van der Waals surface area contributed by atoms with E-state index in [9.17, 15) is 0 Å². The lowest BCUT2D eigenvalue weighted by atomic mass is 10.3. The Morgan fingerprint density at radius 2 is 1.87 bits per heavy atom. The number of nitrogens with one attached hydrogen (secondary N) is 1. The number of rotatable bonds is 8. The molecule has 0 radical (unpaired) electrons. The highest BCUT2D eigenvalue weighted by Gasteiger charge is 1.91. The molecule has 0 atom stereocenters. The molecule has 1 aromatic carbocycles. The van der Waals surface area contributed by atoms with Gasteiger partial charge in [-0.1, -0.05) is 18.2 Å². The van der Waals surface area contributed by atoms with Gasteiger partial charge >= 0.3 is 0 Å². The number of unbranched alkanes of at least 4 members (excludes halogenated alkanes) is 1. The minimum Gasteiger partial charge on any atom is -0.492 e. The van der Waals surface area contributed by atoms with Gasteiger partial charge in [-0.15, -0.1) is 0 Å². The molecule has 0 amide bonds. The highest BCUT2D eigenvalue weighted by Crippen LogP contribution is 2.07. The average molecular weight is 209 g/mol. The van der Waals surface area contributed by atoms with Gasteiger partial charge in [-0.25, -0.2) is 0 Å². The van der Waals surface area contributed by atoms with Crippen molar-refractivity contribution >= 4 is 0 Å². The van der Waals surface area contributed by atoms with Crippen LogP contribution in [0.5, 0.6) is 5.75 Å². The Kier molecular flexibility index (Phi) is 6.62. The van der Waals surface area contributed by atoms with E-state index < -0.39 is 0 Å². The van der Waals surface area contributed by atoms with Gasteiger partial charge in [0.15, 0.2) is 0 Å². The summed E-state index contributed by atoms with van der Waals surface area (Å²) in [6, 6.07) is 9.80. The third kappa shape index (κ3) is 6.10. The number of hydrogen-bond donors (Lipinski definition) is 2. The molecular weight excluding hydrogens is 190 g/mol. The molecule has 0 bridgehead atoms. The Morgan fingerprint density at radius 3 is 2.60 bits per heavy atom. The number of aliphatic hydroxyl groups is 1. The van der Waals surface area contributed by atoms with Crippen molar-refractivity contribution in [1.82, 2.24) is 5.32 Å². The first kappa shape index (κ1) is 12.0. The molecule has 1 aromatic rings. The summed E-state index contributed by atoms with van der Waals surface area (Å²) < 4.78 is 5.50. The minimum atomic E-state index is 0.280. The van der Waals surface area contributed by atoms with E-state index in [1.807, 2.05) is 30.3 Å². The Morgan fingerprint density at radius 1 is 1.07 bits per heavy atom. The molecular formula is C12H19NO2. The third-order valence-electron chi connectivity index (χ3n) is 2.05. The molecule has 2 N–H and O–H groups in total. The van der Waals surface area contributed by atoms with Crippen LogP contribution < -0.4 is 10.1 Å². The topological polar surface area (TPSA) is 41.5 Å². The maximum atomic E-state index is 8.57. The predicted molar refractivity (Wildman–Crippen MR) is 61.1 cm³/mol. The first-order valence-electron chi connectivity index (χ1n) is 5.43. The molecule has 3 nitrogen and oxygen atoms in total. The lowest BCUT2D eigenvalue weighted by molar-refractivity contribution is 0.281. The predicted octanol–water partition coefficient (Wildman–Crippen LogP) is 1.43. The molecule has 0 spiro atoms. The third-order valence-corrected chi connectivity index (χ3v) is 2.05. The van der Waals surface area contributed by atoms with Crippen LogP contribution in [0.15, 0.2) is 30.3 Å². The highest BCUT2D eigenvalue weighted by molar-refractivity contribution is 5.20. The van der Waals surface area contributed by atoms with Crippen LogP contribution >= 0.6 is 0 Å². The molecule has 84 valence electrons. The van der Waals surface area contributed by atoms with E-state index in [0.29, 0.717) is 6.61 Å². The van der Waals surface area contributed by atoms with Crippen LogP contribution in [0.1, 0.15) is 12.8 Å². The smallest absolute Gasteiger partial charge is 0.119 e. The van der Waals surface area contributed by atoms with Crippen LogP contribution in [0.2, 0.25) is 0 Å². The quantitative estimate of drug-likeness (QED) is 0.636. The van der Waals surface area contributed by atoms with Crippen LogP contribution in [0.3, 0.4) is 0 Å². The fourth-order valence-electron chi connectivity index (χ4n) is 1.24. The Labute approximate surface area is 91.1 Å². The number of aliphatic hydroxyl groups excluding tert-OH is 1. The van der Waals surface area contributed by atoms with Gasteiger partial charge < -0.3 is 15.2 Å².